The molecule has 0 spiro atoms. The van der Waals surface area contributed by atoms with Crippen molar-refractivity contribution >= 4 is 24.0 Å². The maximum atomic E-state index is 12.0. The second-order valence-electron chi connectivity index (χ2n) is 4.73. The molecule has 0 fully saturated rings. The molecule has 2 unspecified atom stereocenters. The van der Waals surface area contributed by atoms with Gasteiger partial charge in [-0.15, -0.1) is 12.4 Å². The zero-order valence-electron chi connectivity index (χ0n) is 12.1. The van der Waals surface area contributed by atoms with Crippen LogP contribution in [0.2, 0.25) is 0 Å². The van der Waals surface area contributed by atoms with Crippen LogP contribution in [-0.4, -0.2) is 19.1 Å². The molecule has 1 aromatic rings. The van der Waals surface area contributed by atoms with Gasteiger partial charge in [-0.1, -0.05) is 13.0 Å². The quantitative estimate of drug-likeness (QED) is 0.894. The van der Waals surface area contributed by atoms with Crippen LogP contribution in [0.4, 0.5) is 5.69 Å². The lowest BCUT2D eigenvalue weighted by Gasteiger charge is -2.18. The molecule has 1 amide bonds. The Morgan fingerprint density at radius 1 is 1.32 bits per heavy atom. The van der Waals surface area contributed by atoms with Crippen molar-refractivity contribution in [2.45, 2.75) is 33.7 Å². The van der Waals surface area contributed by atoms with E-state index in [-0.39, 0.29) is 30.3 Å². The average molecular weight is 287 g/mol. The highest BCUT2D eigenvalue weighted by atomic mass is 35.5. The Morgan fingerprint density at radius 3 is 2.37 bits per heavy atom. The molecule has 0 heterocycles. The first-order chi connectivity index (χ1) is 8.38. The van der Waals surface area contributed by atoms with Crippen LogP contribution in [0.5, 0.6) is 5.75 Å². The second-order valence-corrected chi connectivity index (χ2v) is 4.73. The van der Waals surface area contributed by atoms with E-state index in [1.807, 2.05) is 39.8 Å². The normalized spacial score (nSPS) is 13.2. The maximum Gasteiger partial charge on any atom is 0.228 e. The van der Waals surface area contributed by atoms with E-state index in [0.717, 1.165) is 22.6 Å². The van der Waals surface area contributed by atoms with Crippen molar-refractivity contribution in [2.75, 3.05) is 12.4 Å². The third-order valence-corrected chi connectivity index (χ3v) is 3.27. The Kier molecular flexibility index (Phi) is 6.87. The number of hydrogen-bond acceptors (Lipinski definition) is 3. The Hall–Kier alpha value is -1.26. The van der Waals surface area contributed by atoms with Gasteiger partial charge in [-0.2, -0.15) is 0 Å². The van der Waals surface area contributed by atoms with Gasteiger partial charge in [0.15, 0.2) is 0 Å². The van der Waals surface area contributed by atoms with Gasteiger partial charge in [0, 0.05) is 17.3 Å². The van der Waals surface area contributed by atoms with Crippen molar-refractivity contribution in [3.8, 4) is 5.75 Å². The van der Waals surface area contributed by atoms with Gasteiger partial charge in [0.05, 0.1) is 13.0 Å². The van der Waals surface area contributed by atoms with E-state index < -0.39 is 0 Å². The molecule has 0 radical (unpaired) electrons. The number of rotatable bonds is 4. The highest BCUT2D eigenvalue weighted by Gasteiger charge is 2.18. The van der Waals surface area contributed by atoms with Gasteiger partial charge in [0.2, 0.25) is 5.91 Å². The van der Waals surface area contributed by atoms with Gasteiger partial charge in [-0.05, 0) is 32.4 Å². The molecular weight excluding hydrogens is 264 g/mol. The molecule has 108 valence electrons. The van der Waals surface area contributed by atoms with E-state index in [0.29, 0.717) is 0 Å². The smallest absolute Gasteiger partial charge is 0.228 e. The van der Waals surface area contributed by atoms with E-state index >= 15 is 0 Å². The number of hydrogen-bond donors (Lipinski definition) is 2. The summed E-state index contributed by atoms with van der Waals surface area (Å²) >= 11 is 0. The molecule has 4 nitrogen and oxygen atoms in total. The highest BCUT2D eigenvalue weighted by molar-refractivity contribution is 5.93. The predicted molar refractivity (Wildman–Crippen MR) is 81.2 cm³/mol. The minimum atomic E-state index is -0.225. The van der Waals surface area contributed by atoms with Crippen LogP contribution in [0, 0.1) is 19.8 Å². The Balaban J connectivity index is 0.00000324. The zero-order valence-corrected chi connectivity index (χ0v) is 12.9. The van der Waals surface area contributed by atoms with Gasteiger partial charge in [0.25, 0.3) is 0 Å². The number of ether oxygens (including phenoxy) is 1. The molecule has 19 heavy (non-hydrogen) atoms. The summed E-state index contributed by atoms with van der Waals surface area (Å²) in [6.07, 6.45) is 0. The number of benzene rings is 1. The number of nitrogens with one attached hydrogen (secondary N) is 1. The molecule has 0 aliphatic carbocycles. The lowest BCUT2D eigenvalue weighted by molar-refractivity contribution is -0.119. The molecule has 3 N–H and O–H groups in total. The fourth-order valence-electron chi connectivity index (χ4n) is 1.76. The number of anilines is 1. The first kappa shape index (κ1) is 17.7. The van der Waals surface area contributed by atoms with Gasteiger partial charge < -0.3 is 15.8 Å². The molecule has 5 heteroatoms. The summed E-state index contributed by atoms with van der Waals surface area (Å²) in [6.45, 7) is 7.55. The highest BCUT2D eigenvalue weighted by Crippen LogP contribution is 2.29. The van der Waals surface area contributed by atoms with E-state index in [1.165, 1.54) is 0 Å². The summed E-state index contributed by atoms with van der Waals surface area (Å²) in [5.74, 6) is 0.511. The predicted octanol–water partition coefficient (Wildman–Crippen LogP) is 2.66. The Bertz CT molecular complexity index is 447. The number of aryl methyl sites for hydroxylation is 1. The first-order valence-electron chi connectivity index (χ1n) is 6.09. The van der Waals surface area contributed by atoms with Crippen molar-refractivity contribution in [3.63, 3.8) is 0 Å². The molecule has 0 saturated heterocycles. The summed E-state index contributed by atoms with van der Waals surface area (Å²) in [5, 5.41) is 2.89. The van der Waals surface area contributed by atoms with Crippen LogP contribution in [0.25, 0.3) is 0 Å². The summed E-state index contributed by atoms with van der Waals surface area (Å²) < 4.78 is 5.33. The van der Waals surface area contributed by atoms with E-state index in [4.69, 9.17) is 10.5 Å². The number of nitrogens with two attached hydrogens (primary N) is 1. The van der Waals surface area contributed by atoms with Crippen LogP contribution >= 0.6 is 12.4 Å². The van der Waals surface area contributed by atoms with Crippen molar-refractivity contribution in [1.82, 2.24) is 0 Å². The molecule has 1 aromatic carbocycles. The number of carbonyl (C=O) groups is 1. The van der Waals surface area contributed by atoms with Gasteiger partial charge in [0.1, 0.15) is 5.75 Å². The van der Waals surface area contributed by atoms with E-state index in [2.05, 4.69) is 5.32 Å². The molecule has 2 atom stereocenters. The van der Waals surface area contributed by atoms with Gasteiger partial charge in [-0.25, -0.2) is 0 Å². The number of amides is 1. The first-order valence-corrected chi connectivity index (χ1v) is 6.09. The Morgan fingerprint density at radius 2 is 1.89 bits per heavy atom. The van der Waals surface area contributed by atoms with E-state index in [9.17, 15) is 4.79 Å². The molecule has 0 aliphatic heterocycles. The van der Waals surface area contributed by atoms with Crippen LogP contribution in [0.1, 0.15) is 25.0 Å². The summed E-state index contributed by atoms with van der Waals surface area (Å²) in [6, 6.07) is 3.65. The number of methoxy groups -OCH3 is 1. The maximum absolute atomic E-state index is 12.0. The fourth-order valence-corrected chi connectivity index (χ4v) is 1.76. The Labute approximate surface area is 121 Å². The van der Waals surface area contributed by atoms with Crippen LogP contribution in [0.3, 0.4) is 0 Å². The van der Waals surface area contributed by atoms with Crippen molar-refractivity contribution in [3.05, 3.63) is 23.3 Å². The molecule has 1 rings (SSSR count). The minimum absolute atomic E-state index is 0. The van der Waals surface area contributed by atoms with Crippen LogP contribution < -0.4 is 15.8 Å². The van der Waals surface area contributed by atoms with Gasteiger partial charge >= 0.3 is 0 Å². The molecule has 0 aromatic heterocycles. The lowest BCUT2D eigenvalue weighted by atomic mass is 10.0. The SMILES string of the molecule is COc1c(C)ccc(NC(=O)C(C)C(C)N)c1C.Cl. The third-order valence-electron chi connectivity index (χ3n) is 3.27. The van der Waals surface area contributed by atoms with Crippen LogP contribution in [-0.2, 0) is 4.79 Å². The molecule has 0 bridgehead atoms. The second kappa shape index (κ2) is 7.36. The standard InChI is InChI=1S/C14H22N2O2.ClH/c1-8-6-7-12(10(3)13(8)18-5)16-14(17)9(2)11(4)15;/h6-7,9,11H,15H2,1-5H3,(H,16,17);1H. The summed E-state index contributed by atoms with van der Waals surface area (Å²) in [7, 11) is 1.63. The lowest BCUT2D eigenvalue weighted by Crippen LogP contribution is -2.34. The van der Waals surface area contributed by atoms with E-state index in [1.54, 1.807) is 7.11 Å². The number of carbonyl (C=O) groups excluding carboxylic acids is 1. The average Bonchev–Trinajstić information content (AvgIpc) is 2.32. The van der Waals surface area contributed by atoms with Crippen molar-refractivity contribution < 1.29 is 9.53 Å². The van der Waals surface area contributed by atoms with Crippen molar-refractivity contribution in [1.29, 1.82) is 0 Å². The van der Waals surface area contributed by atoms with Crippen molar-refractivity contribution in [2.24, 2.45) is 11.7 Å². The monoisotopic (exact) mass is 286 g/mol. The molecule has 0 saturated carbocycles. The largest absolute Gasteiger partial charge is 0.496 e. The fraction of sp³-hybridized carbons (Fsp3) is 0.500. The molecular formula is C14H23ClN2O2. The minimum Gasteiger partial charge on any atom is -0.496 e. The zero-order chi connectivity index (χ0) is 13.9. The van der Waals surface area contributed by atoms with Crippen LogP contribution in [0.15, 0.2) is 12.1 Å². The topological polar surface area (TPSA) is 64.3 Å². The number of halogens is 1. The molecule has 0 aliphatic rings. The summed E-state index contributed by atoms with van der Waals surface area (Å²) in [5.41, 5.74) is 8.48. The third kappa shape index (κ3) is 4.11. The van der Waals surface area contributed by atoms with Gasteiger partial charge in [-0.3, -0.25) is 4.79 Å². The summed E-state index contributed by atoms with van der Waals surface area (Å²) in [4.78, 5) is 12.0.